The fourth-order valence-electron chi connectivity index (χ4n) is 2.20. The zero-order valence-electron chi connectivity index (χ0n) is 11.2. The van der Waals surface area contributed by atoms with Gasteiger partial charge in [-0.25, -0.2) is 0 Å². The maximum atomic E-state index is 12.4. The van der Waals surface area contributed by atoms with Crippen molar-refractivity contribution < 1.29 is 4.79 Å². The summed E-state index contributed by atoms with van der Waals surface area (Å²) in [7, 11) is 1.86. The second-order valence-electron chi connectivity index (χ2n) is 5.86. The van der Waals surface area contributed by atoms with Gasteiger partial charge in [0.05, 0.1) is 5.56 Å². The monoisotopic (exact) mass is 232 g/mol. The standard InChI is InChI=1S/C14H20N2O/c1-13(2,3)14(4)15-11-9-7-6-8-10(11)12(17)16(14)5/h6-9,15H,1-5H3. The molecule has 1 aromatic rings. The predicted molar refractivity (Wildman–Crippen MR) is 70.0 cm³/mol. The minimum absolute atomic E-state index is 0.0507. The van der Waals surface area contributed by atoms with Crippen molar-refractivity contribution in [2.45, 2.75) is 33.4 Å². The zero-order valence-corrected chi connectivity index (χ0v) is 11.2. The van der Waals surface area contributed by atoms with Gasteiger partial charge in [0.1, 0.15) is 5.66 Å². The SMILES string of the molecule is CN1C(=O)c2ccccc2NC1(C)C(C)(C)C. The molecule has 0 radical (unpaired) electrons. The molecule has 17 heavy (non-hydrogen) atoms. The molecule has 0 bridgehead atoms. The van der Waals surface area contributed by atoms with Crippen LogP contribution in [0.2, 0.25) is 0 Å². The van der Waals surface area contributed by atoms with E-state index < -0.39 is 0 Å². The number of fused-ring (bicyclic) bond motifs is 1. The normalized spacial score (nSPS) is 24.3. The highest BCUT2D eigenvalue weighted by Gasteiger charge is 2.46. The first-order valence-corrected chi connectivity index (χ1v) is 5.93. The first-order valence-electron chi connectivity index (χ1n) is 5.93. The number of hydrogen-bond donors (Lipinski definition) is 1. The van der Waals surface area contributed by atoms with Gasteiger partial charge in [-0.3, -0.25) is 4.79 Å². The van der Waals surface area contributed by atoms with Gasteiger partial charge in [-0.15, -0.1) is 0 Å². The molecule has 1 aliphatic heterocycles. The number of rotatable bonds is 0. The van der Waals surface area contributed by atoms with Crippen LogP contribution < -0.4 is 5.32 Å². The Bertz CT molecular complexity index is 462. The number of benzene rings is 1. The van der Waals surface area contributed by atoms with Gasteiger partial charge in [-0.05, 0) is 19.1 Å². The summed E-state index contributed by atoms with van der Waals surface area (Å²) in [4.78, 5) is 14.2. The summed E-state index contributed by atoms with van der Waals surface area (Å²) in [5.74, 6) is 0.0803. The molecule has 1 N–H and O–H groups in total. The Balaban J connectivity index is 2.55. The van der Waals surface area contributed by atoms with Crippen LogP contribution in [-0.4, -0.2) is 23.5 Å². The van der Waals surface area contributed by atoms with Crippen LogP contribution >= 0.6 is 0 Å². The highest BCUT2D eigenvalue weighted by Crippen LogP contribution is 2.40. The average Bonchev–Trinajstić information content (AvgIpc) is 2.25. The maximum Gasteiger partial charge on any atom is 0.257 e. The summed E-state index contributed by atoms with van der Waals surface area (Å²) in [5.41, 5.74) is 1.24. The minimum Gasteiger partial charge on any atom is -0.362 e. The van der Waals surface area contributed by atoms with Crippen molar-refractivity contribution in [3.05, 3.63) is 29.8 Å². The summed E-state index contributed by atoms with van der Waals surface area (Å²) in [6, 6.07) is 7.67. The Hall–Kier alpha value is -1.51. The predicted octanol–water partition coefficient (Wildman–Crippen LogP) is 2.95. The molecule has 1 aromatic carbocycles. The summed E-state index contributed by atoms with van der Waals surface area (Å²) < 4.78 is 0. The number of para-hydroxylation sites is 1. The molecule has 1 heterocycles. The first-order chi connectivity index (χ1) is 7.77. The summed E-state index contributed by atoms with van der Waals surface area (Å²) in [6.45, 7) is 8.48. The number of nitrogens with one attached hydrogen (secondary N) is 1. The maximum absolute atomic E-state index is 12.4. The molecule has 0 saturated heterocycles. The van der Waals surface area contributed by atoms with E-state index in [0.29, 0.717) is 0 Å². The minimum atomic E-state index is -0.377. The summed E-state index contributed by atoms with van der Waals surface area (Å²) in [6.07, 6.45) is 0. The molecule has 1 aliphatic rings. The fraction of sp³-hybridized carbons (Fsp3) is 0.500. The van der Waals surface area contributed by atoms with E-state index in [4.69, 9.17) is 0 Å². The van der Waals surface area contributed by atoms with Crippen LogP contribution in [-0.2, 0) is 0 Å². The number of carbonyl (C=O) groups is 1. The molecule has 1 atom stereocenters. The molecule has 0 saturated carbocycles. The van der Waals surface area contributed by atoms with E-state index in [-0.39, 0.29) is 17.0 Å². The van der Waals surface area contributed by atoms with E-state index in [1.807, 2.05) is 31.3 Å². The van der Waals surface area contributed by atoms with Crippen molar-refractivity contribution in [3.63, 3.8) is 0 Å². The molecule has 0 aliphatic carbocycles. The summed E-state index contributed by atoms with van der Waals surface area (Å²) >= 11 is 0. The van der Waals surface area contributed by atoms with Crippen LogP contribution in [0.25, 0.3) is 0 Å². The third-order valence-electron chi connectivity index (χ3n) is 3.97. The summed E-state index contributed by atoms with van der Waals surface area (Å²) in [5, 5.41) is 3.50. The second kappa shape index (κ2) is 3.49. The molecule has 0 aromatic heterocycles. The van der Waals surface area contributed by atoms with Gasteiger partial charge < -0.3 is 10.2 Å². The van der Waals surface area contributed by atoms with Crippen LogP contribution in [0.1, 0.15) is 38.1 Å². The van der Waals surface area contributed by atoms with E-state index in [9.17, 15) is 4.79 Å². The van der Waals surface area contributed by atoms with Crippen LogP contribution in [0, 0.1) is 5.41 Å². The van der Waals surface area contributed by atoms with Gasteiger partial charge in [0.2, 0.25) is 0 Å². The van der Waals surface area contributed by atoms with Crippen molar-refractivity contribution in [3.8, 4) is 0 Å². The third-order valence-corrected chi connectivity index (χ3v) is 3.97. The number of hydrogen-bond acceptors (Lipinski definition) is 2. The number of amides is 1. The quantitative estimate of drug-likeness (QED) is 0.746. The lowest BCUT2D eigenvalue weighted by Crippen LogP contribution is -2.63. The first kappa shape index (κ1) is 12.0. The Morgan fingerprint density at radius 1 is 1.24 bits per heavy atom. The van der Waals surface area contributed by atoms with Gasteiger partial charge in [-0.2, -0.15) is 0 Å². The van der Waals surface area contributed by atoms with E-state index in [0.717, 1.165) is 11.3 Å². The third kappa shape index (κ3) is 1.61. The van der Waals surface area contributed by atoms with E-state index in [2.05, 4.69) is 33.0 Å². The van der Waals surface area contributed by atoms with Crippen LogP contribution in [0.5, 0.6) is 0 Å². The Morgan fingerprint density at radius 3 is 2.41 bits per heavy atom. The molecular formula is C14H20N2O. The van der Waals surface area contributed by atoms with Crippen molar-refractivity contribution in [1.82, 2.24) is 4.90 Å². The lowest BCUT2D eigenvalue weighted by atomic mass is 9.78. The van der Waals surface area contributed by atoms with Crippen molar-refractivity contribution in [2.24, 2.45) is 5.41 Å². The van der Waals surface area contributed by atoms with Gasteiger partial charge in [0, 0.05) is 18.2 Å². The van der Waals surface area contributed by atoms with Crippen molar-refractivity contribution >= 4 is 11.6 Å². The molecule has 92 valence electrons. The van der Waals surface area contributed by atoms with Gasteiger partial charge in [0.15, 0.2) is 0 Å². The van der Waals surface area contributed by atoms with Crippen LogP contribution in [0.3, 0.4) is 0 Å². The number of anilines is 1. The van der Waals surface area contributed by atoms with Crippen molar-refractivity contribution in [2.75, 3.05) is 12.4 Å². The molecular weight excluding hydrogens is 212 g/mol. The molecule has 0 spiro atoms. The van der Waals surface area contributed by atoms with E-state index >= 15 is 0 Å². The second-order valence-corrected chi connectivity index (χ2v) is 5.86. The zero-order chi connectivity index (χ0) is 12.8. The molecule has 2 rings (SSSR count). The molecule has 0 fully saturated rings. The van der Waals surface area contributed by atoms with Crippen LogP contribution in [0.15, 0.2) is 24.3 Å². The lowest BCUT2D eigenvalue weighted by Gasteiger charge is -2.52. The number of nitrogens with zero attached hydrogens (tertiary/aromatic N) is 1. The Labute approximate surface area is 103 Å². The number of carbonyl (C=O) groups excluding carboxylic acids is 1. The lowest BCUT2D eigenvalue weighted by molar-refractivity contribution is 0.0317. The molecule has 1 unspecified atom stereocenters. The van der Waals surface area contributed by atoms with Crippen molar-refractivity contribution in [1.29, 1.82) is 0 Å². The highest BCUT2D eigenvalue weighted by molar-refractivity contribution is 6.02. The Morgan fingerprint density at radius 2 is 1.82 bits per heavy atom. The smallest absolute Gasteiger partial charge is 0.257 e. The van der Waals surface area contributed by atoms with E-state index in [1.54, 1.807) is 4.90 Å². The Kier molecular flexibility index (Phi) is 2.45. The van der Waals surface area contributed by atoms with Gasteiger partial charge in [-0.1, -0.05) is 32.9 Å². The average molecular weight is 232 g/mol. The topological polar surface area (TPSA) is 32.3 Å². The fourth-order valence-corrected chi connectivity index (χ4v) is 2.20. The molecule has 3 heteroatoms. The molecule has 3 nitrogen and oxygen atoms in total. The van der Waals surface area contributed by atoms with E-state index in [1.165, 1.54) is 0 Å². The van der Waals surface area contributed by atoms with Gasteiger partial charge >= 0.3 is 0 Å². The molecule has 1 amide bonds. The highest BCUT2D eigenvalue weighted by atomic mass is 16.2. The van der Waals surface area contributed by atoms with Gasteiger partial charge in [0.25, 0.3) is 5.91 Å². The largest absolute Gasteiger partial charge is 0.362 e. The van der Waals surface area contributed by atoms with Crippen LogP contribution in [0.4, 0.5) is 5.69 Å².